The fourth-order valence-corrected chi connectivity index (χ4v) is 7.51. The second-order valence-electron chi connectivity index (χ2n) is 15.9. The fourth-order valence-electron chi connectivity index (χ4n) is 7.51. The summed E-state index contributed by atoms with van der Waals surface area (Å²) >= 11 is 0. The lowest BCUT2D eigenvalue weighted by molar-refractivity contribution is -0.156. The number of likely N-dealkylation sites (N-methyl/N-ethyl adjacent to an activating group) is 1. The molecule has 53 heavy (non-hydrogen) atoms. The highest BCUT2D eigenvalue weighted by atomic mass is 16.6. The minimum Gasteiger partial charge on any atom is -0.457 e. The zero-order valence-corrected chi connectivity index (χ0v) is 33.7. The third-order valence-corrected chi connectivity index (χ3v) is 11.1. The highest BCUT2D eigenvalue weighted by Crippen LogP contribution is 2.39. The molecule has 0 aromatic heterocycles. The zero-order valence-electron chi connectivity index (χ0n) is 33.7. The lowest BCUT2D eigenvalue weighted by Gasteiger charge is -2.38. The lowest BCUT2D eigenvalue weighted by atomic mass is 9.86. The van der Waals surface area contributed by atoms with Gasteiger partial charge < -0.3 is 44.1 Å². The quantitative estimate of drug-likeness (QED) is 0.0527. The van der Waals surface area contributed by atoms with Crippen LogP contribution in [0.2, 0.25) is 0 Å². The highest BCUT2D eigenvalue weighted by Gasteiger charge is 2.54. The van der Waals surface area contributed by atoms with Gasteiger partial charge in [0.1, 0.15) is 23.9 Å². The summed E-state index contributed by atoms with van der Waals surface area (Å²) in [6, 6.07) is -0.562. The molecule has 0 aromatic rings. The van der Waals surface area contributed by atoms with Crippen LogP contribution in [0.4, 0.5) is 0 Å². The van der Waals surface area contributed by atoms with Crippen LogP contribution in [0.15, 0.2) is 36.0 Å². The van der Waals surface area contributed by atoms with Crippen molar-refractivity contribution >= 4 is 18.4 Å². The maximum atomic E-state index is 13.1. The molecule has 2 fully saturated rings. The Hall–Kier alpha value is -2.65. The van der Waals surface area contributed by atoms with E-state index in [9.17, 15) is 24.6 Å². The number of carbonyl (C=O) groups is 3. The van der Waals surface area contributed by atoms with Crippen LogP contribution in [0.1, 0.15) is 81.1 Å². The molecular formula is C40H67N3O10. The summed E-state index contributed by atoms with van der Waals surface area (Å²) in [5.41, 5.74) is -1.99. The molecule has 0 aliphatic carbocycles. The third-order valence-electron chi connectivity index (χ3n) is 11.1. The molecule has 3 heterocycles. The van der Waals surface area contributed by atoms with Crippen LogP contribution in [0.3, 0.4) is 0 Å². The van der Waals surface area contributed by atoms with Gasteiger partial charge in [-0.15, -0.1) is 0 Å². The van der Waals surface area contributed by atoms with Crippen molar-refractivity contribution in [2.24, 2.45) is 17.8 Å². The first kappa shape index (κ1) is 44.7. The van der Waals surface area contributed by atoms with Gasteiger partial charge in [0.2, 0.25) is 0 Å². The summed E-state index contributed by atoms with van der Waals surface area (Å²) in [5, 5.41) is 26.8. The molecule has 0 radical (unpaired) electrons. The standard InChI is InChI=1S/C40H67N3O10/c1-11-31(49-10)29(5)36-37(53-36)38(41-24-33(50-25-44)43-21-19-42(9)20-22-43)40(8,48)17-12-13-27(3)35-28(4)14-15-32(51-30(6)45)39(7,47)18-16-26(2)23-34(46)52-35/h12-15,17,25-26,28-29,31-33,35-38,41,47-48H,11,16,18-24H2,1-10H3. The number of hydrogen-bond acceptors (Lipinski definition) is 13. The molecule has 0 spiro atoms. The van der Waals surface area contributed by atoms with E-state index in [-0.39, 0.29) is 55.0 Å². The van der Waals surface area contributed by atoms with Crippen molar-refractivity contribution in [3.8, 4) is 0 Å². The van der Waals surface area contributed by atoms with E-state index >= 15 is 0 Å². The largest absolute Gasteiger partial charge is 0.457 e. The van der Waals surface area contributed by atoms with Gasteiger partial charge in [0.25, 0.3) is 6.47 Å². The monoisotopic (exact) mass is 749 g/mol. The van der Waals surface area contributed by atoms with Gasteiger partial charge in [-0.3, -0.25) is 19.3 Å². The van der Waals surface area contributed by atoms with Gasteiger partial charge in [0.05, 0.1) is 23.9 Å². The number of esters is 2. The Bertz CT molecular complexity index is 1270. The molecule has 3 rings (SSSR count). The van der Waals surface area contributed by atoms with E-state index in [4.69, 9.17) is 23.7 Å². The van der Waals surface area contributed by atoms with Gasteiger partial charge in [0.15, 0.2) is 6.23 Å². The smallest absolute Gasteiger partial charge is 0.306 e. The number of piperazine rings is 1. The number of cyclic esters (lactones) is 1. The van der Waals surface area contributed by atoms with Crippen molar-refractivity contribution in [1.82, 2.24) is 15.1 Å². The second-order valence-corrected chi connectivity index (χ2v) is 15.9. The second kappa shape index (κ2) is 20.3. The van der Waals surface area contributed by atoms with Gasteiger partial charge in [-0.1, -0.05) is 52.0 Å². The molecule has 2 saturated heterocycles. The molecule has 13 nitrogen and oxygen atoms in total. The van der Waals surface area contributed by atoms with Crippen molar-refractivity contribution in [2.75, 3.05) is 46.9 Å². The van der Waals surface area contributed by atoms with Gasteiger partial charge in [-0.25, -0.2) is 0 Å². The van der Waals surface area contributed by atoms with Crippen LogP contribution in [0.5, 0.6) is 0 Å². The summed E-state index contributed by atoms with van der Waals surface area (Å²) in [6.45, 7) is 18.5. The van der Waals surface area contributed by atoms with Crippen molar-refractivity contribution in [3.05, 3.63) is 36.0 Å². The lowest BCUT2D eigenvalue weighted by Crippen LogP contribution is -2.58. The summed E-state index contributed by atoms with van der Waals surface area (Å²) < 4.78 is 29.0. The normalized spacial score (nSPS) is 33.1. The molecule has 3 aliphatic rings. The number of hydrogen-bond donors (Lipinski definition) is 3. The van der Waals surface area contributed by atoms with Crippen molar-refractivity contribution in [2.45, 2.75) is 135 Å². The predicted octanol–water partition coefficient (Wildman–Crippen LogP) is 3.38. The van der Waals surface area contributed by atoms with Crippen molar-refractivity contribution in [1.29, 1.82) is 0 Å². The molecule has 0 amide bonds. The molecule has 0 saturated carbocycles. The number of nitrogens with zero attached hydrogens (tertiary/aromatic N) is 2. The number of epoxide rings is 1. The van der Waals surface area contributed by atoms with Gasteiger partial charge in [0, 0.05) is 65.0 Å². The molecular weight excluding hydrogens is 682 g/mol. The Morgan fingerprint density at radius 1 is 1.19 bits per heavy atom. The van der Waals surface area contributed by atoms with Gasteiger partial charge in [-0.2, -0.15) is 0 Å². The maximum absolute atomic E-state index is 13.1. The molecule has 3 N–H and O–H groups in total. The number of methoxy groups -OCH3 is 1. The van der Waals surface area contributed by atoms with Crippen LogP contribution in [-0.4, -0.2) is 139 Å². The molecule has 302 valence electrons. The zero-order chi connectivity index (χ0) is 39.5. The van der Waals surface area contributed by atoms with Crippen LogP contribution in [0, 0.1) is 17.8 Å². The average Bonchev–Trinajstić information content (AvgIpc) is 3.88. The maximum Gasteiger partial charge on any atom is 0.306 e. The molecule has 0 bridgehead atoms. The number of nitrogens with one attached hydrogen (secondary N) is 1. The summed E-state index contributed by atoms with van der Waals surface area (Å²) in [7, 11) is 3.76. The highest BCUT2D eigenvalue weighted by molar-refractivity contribution is 5.70. The van der Waals surface area contributed by atoms with Crippen LogP contribution < -0.4 is 5.32 Å². The Morgan fingerprint density at radius 3 is 2.47 bits per heavy atom. The topological polar surface area (TPSA) is 160 Å². The molecule has 13 heteroatoms. The van der Waals surface area contributed by atoms with E-state index in [1.807, 2.05) is 26.8 Å². The molecule has 0 aromatic carbocycles. The first-order valence-electron chi connectivity index (χ1n) is 19.2. The van der Waals surface area contributed by atoms with Gasteiger partial charge in [-0.05, 0) is 64.6 Å². The van der Waals surface area contributed by atoms with Gasteiger partial charge >= 0.3 is 11.9 Å². The minimum atomic E-state index is -1.41. The number of ether oxygens (including phenoxy) is 5. The Kier molecular flexibility index (Phi) is 17.2. The number of allylic oxidation sites excluding steroid dienone is 2. The fraction of sp³-hybridized carbons (Fsp3) is 0.775. The average molecular weight is 750 g/mol. The third kappa shape index (κ3) is 13.3. The van der Waals surface area contributed by atoms with E-state index in [0.717, 1.165) is 38.2 Å². The molecule has 12 atom stereocenters. The SMILES string of the molecule is CCC(OC)C(C)C1OC1C(NCC(OC=O)N1CCN(C)CC1)C(C)(O)C=CC=C(C)C1OC(=O)CC(C)CCC(C)(O)C(OC(C)=O)C=CC1C. The van der Waals surface area contributed by atoms with Crippen LogP contribution >= 0.6 is 0 Å². The van der Waals surface area contributed by atoms with E-state index in [1.165, 1.54) is 6.92 Å². The van der Waals surface area contributed by atoms with E-state index in [1.54, 1.807) is 45.3 Å². The van der Waals surface area contributed by atoms with E-state index < -0.39 is 41.6 Å². The summed E-state index contributed by atoms with van der Waals surface area (Å²) in [4.78, 5) is 40.9. The first-order valence-corrected chi connectivity index (χ1v) is 19.2. The Labute approximate surface area is 317 Å². The van der Waals surface area contributed by atoms with E-state index in [0.29, 0.717) is 19.3 Å². The number of rotatable bonds is 16. The number of aliphatic hydroxyl groups is 2. The van der Waals surface area contributed by atoms with E-state index in [2.05, 4.69) is 36.0 Å². The minimum absolute atomic E-state index is 0.00341. The summed E-state index contributed by atoms with van der Waals surface area (Å²) in [6.07, 6.45) is 8.12. The predicted molar refractivity (Wildman–Crippen MR) is 202 cm³/mol. The van der Waals surface area contributed by atoms with Crippen molar-refractivity contribution in [3.63, 3.8) is 0 Å². The van der Waals surface area contributed by atoms with Crippen LogP contribution in [-0.2, 0) is 38.1 Å². The Morgan fingerprint density at radius 2 is 1.87 bits per heavy atom. The van der Waals surface area contributed by atoms with Crippen molar-refractivity contribution < 1.29 is 48.3 Å². The molecule has 3 aliphatic heterocycles. The Balaban J connectivity index is 1.88. The first-order chi connectivity index (χ1) is 24.9. The molecule has 12 unspecified atom stereocenters. The van der Waals surface area contributed by atoms with Crippen LogP contribution in [0.25, 0.3) is 0 Å². The summed E-state index contributed by atoms with van der Waals surface area (Å²) in [5.74, 6) is -1.15. The number of carbonyl (C=O) groups excluding carboxylic acids is 3.